The average Bonchev–Trinajstić information content (AvgIpc) is 2.68. The molecule has 0 radical (unpaired) electrons. The van der Waals surface area contributed by atoms with Crippen molar-refractivity contribution in [3.8, 4) is 5.75 Å². The fraction of sp³-hybridized carbons (Fsp3) is 0.0909. The first-order valence-corrected chi connectivity index (χ1v) is 9.29. The van der Waals surface area contributed by atoms with E-state index in [2.05, 4.69) is 16.0 Å². The van der Waals surface area contributed by atoms with Gasteiger partial charge < -0.3 is 20.7 Å². The molecular weight excluding hydrogens is 390 g/mol. The van der Waals surface area contributed by atoms with Crippen molar-refractivity contribution in [2.75, 3.05) is 22.6 Å². The maximum absolute atomic E-state index is 12.2. The summed E-state index contributed by atoms with van der Waals surface area (Å²) in [6.07, 6.45) is 0. The third-order valence-corrected chi connectivity index (χ3v) is 4.17. The largest absolute Gasteiger partial charge is 0.483 e. The Kier molecular flexibility index (Phi) is 6.71. The van der Waals surface area contributed by atoms with Crippen molar-refractivity contribution in [1.82, 2.24) is 0 Å². The minimum Gasteiger partial charge on any atom is -0.483 e. The first kappa shape index (κ1) is 20.2. The van der Waals surface area contributed by atoms with Gasteiger partial charge in [0.05, 0.1) is 0 Å². The zero-order chi connectivity index (χ0) is 20.6. The number of halogens is 1. The number of hydrogen-bond donors (Lipinski definition) is 3. The maximum atomic E-state index is 12.2. The molecule has 3 aromatic rings. The zero-order valence-corrected chi connectivity index (χ0v) is 16.5. The third-order valence-electron chi connectivity index (χ3n) is 3.93. The molecule has 0 saturated carbocycles. The van der Waals surface area contributed by atoms with E-state index in [1.165, 1.54) is 0 Å². The lowest BCUT2D eigenvalue weighted by atomic mass is 10.2. The highest BCUT2D eigenvalue weighted by Crippen LogP contribution is 2.22. The van der Waals surface area contributed by atoms with Crippen molar-refractivity contribution < 1.29 is 14.3 Å². The molecule has 6 nitrogen and oxygen atoms in total. The SMILES string of the molecule is Cc1cc(Cl)ccc1OCC(=O)Nc1cccc(NC(=O)Nc2ccccc2)c1. The van der Waals surface area contributed by atoms with Gasteiger partial charge in [-0.2, -0.15) is 0 Å². The molecule has 0 aliphatic heterocycles. The highest BCUT2D eigenvalue weighted by atomic mass is 35.5. The van der Waals surface area contributed by atoms with Crippen LogP contribution in [-0.4, -0.2) is 18.5 Å². The second kappa shape index (κ2) is 9.61. The molecule has 0 bridgehead atoms. The monoisotopic (exact) mass is 409 g/mol. The number of anilines is 3. The summed E-state index contributed by atoms with van der Waals surface area (Å²) in [6.45, 7) is 1.71. The van der Waals surface area contributed by atoms with Crippen molar-refractivity contribution in [2.45, 2.75) is 6.92 Å². The highest BCUT2D eigenvalue weighted by molar-refractivity contribution is 6.30. The second-order valence-corrected chi connectivity index (χ2v) is 6.71. The Morgan fingerprint density at radius 1 is 0.828 bits per heavy atom. The molecule has 0 aliphatic rings. The van der Waals surface area contributed by atoms with Gasteiger partial charge in [-0.15, -0.1) is 0 Å². The smallest absolute Gasteiger partial charge is 0.323 e. The molecule has 0 spiro atoms. The van der Waals surface area contributed by atoms with Crippen LogP contribution < -0.4 is 20.7 Å². The van der Waals surface area contributed by atoms with Crippen LogP contribution >= 0.6 is 11.6 Å². The number of urea groups is 1. The van der Waals surface area contributed by atoms with Crippen molar-refractivity contribution in [1.29, 1.82) is 0 Å². The van der Waals surface area contributed by atoms with Gasteiger partial charge in [0.2, 0.25) is 0 Å². The molecule has 148 valence electrons. The van der Waals surface area contributed by atoms with Crippen LogP contribution in [0.3, 0.4) is 0 Å². The third kappa shape index (κ3) is 6.26. The molecule has 0 saturated heterocycles. The summed E-state index contributed by atoms with van der Waals surface area (Å²) in [5.41, 5.74) is 2.62. The van der Waals surface area contributed by atoms with Gasteiger partial charge in [0.15, 0.2) is 6.61 Å². The normalized spacial score (nSPS) is 10.1. The second-order valence-electron chi connectivity index (χ2n) is 6.27. The van der Waals surface area contributed by atoms with E-state index >= 15 is 0 Å². The molecule has 0 atom stereocenters. The number of nitrogens with one attached hydrogen (secondary N) is 3. The standard InChI is InChI=1S/C22H20ClN3O3/c1-15-12-16(23)10-11-20(15)29-14-21(27)24-18-8-5-9-19(13-18)26-22(28)25-17-6-3-2-4-7-17/h2-13H,14H2,1H3,(H,24,27)(H2,25,26,28). The van der Waals surface area contributed by atoms with E-state index in [1.807, 2.05) is 25.1 Å². The van der Waals surface area contributed by atoms with Crippen LogP contribution in [-0.2, 0) is 4.79 Å². The zero-order valence-electron chi connectivity index (χ0n) is 15.7. The summed E-state index contributed by atoms with van der Waals surface area (Å²) in [4.78, 5) is 24.3. The van der Waals surface area contributed by atoms with Gasteiger partial charge in [-0.3, -0.25) is 4.79 Å². The molecule has 0 aromatic heterocycles. The predicted molar refractivity (Wildman–Crippen MR) is 116 cm³/mol. The van der Waals surface area contributed by atoms with E-state index in [-0.39, 0.29) is 18.5 Å². The lowest BCUT2D eigenvalue weighted by molar-refractivity contribution is -0.118. The van der Waals surface area contributed by atoms with E-state index in [0.717, 1.165) is 5.56 Å². The van der Waals surface area contributed by atoms with Gasteiger partial charge in [-0.1, -0.05) is 35.9 Å². The topological polar surface area (TPSA) is 79.5 Å². The minimum absolute atomic E-state index is 0.144. The molecule has 0 aliphatic carbocycles. The van der Waals surface area contributed by atoms with Crippen molar-refractivity contribution >= 4 is 40.6 Å². The van der Waals surface area contributed by atoms with Gasteiger partial charge in [0, 0.05) is 22.1 Å². The van der Waals surface area contributed by atoms with E-state index in [9.17, 15) is 9.59 Å². The number of carbonyl (C=O) groups is 2. The minimum atomic E-state index is -0.374. The Balaban J connectivity index is 1.53. The van der Waals surface area contributed by atoms with Crippen LogP contribution in [0.1, 0.15) is 5.56 Å². The number of amides is 3. The number of aryl methyl sites for hydroxylation is 1. The fourth-order valence-corrected chi connectivity index (χ4v) is 2.83. The average molecular weight is 410 g/mol. The maximum Gasteiger partial charge on any atom is 0.323 e. The molecule has 3 aromatic carbocycles. The number of carbonyl (C=O) groups excluding carboxylic acids is 2. The Hall–Kier alpha value is -3.51. The molecule has 3 amide bonds. The van der Waals surface area contributed by atoms with Crippen molar-refractivity contribution in [2.24, 2.45) is 0 Å². The summed E-state index contributed by atoms with van der Waals surface area (Å²) in [6, 6.07) is 20.8. The van der Waals surface area contributed by atoms with Gasteiger partial charge in [0.1, 0.15) is 5.75 Å². The molecule has 0 heterocycles. The summed E-state index contributed by atoms with van der Waals surface area (Å²) in [5, 5.41) is 8.82. The molecule has 7 heteroatoms. The van der Waals surface area contributed by atoms with E-state index in [1.54, 1.807) is 54.6 Å². The Morgan fingerprint density at radius 3 is 2.21 bits per heavy atom. The van der Waals surface area contributed by atoms with Crippen LogP contribution in [0.4, 0.5) is 21.9 Å². The lowest BCUT2D eigenvalue weighted by Crippen LogP contribution is -2.21. The molecular formula is C22H20ClN3O3. The van der Waals surface area contributed by atoms with Crippen molar-refractivity contribution in [3.05, 3.63) is 83.4 Å². The van der Waals surface area contributed by atoms with Crippen LogP contribution in [0, 0.1) is 6.92 Å². The quantitative estimate of drug-likeness (QED) is 0.516. The molecule has 3 N–H and O–H groups in total. The number of hydrogen-bond acceptors (Lipinski definition) is 3. The fourth-order valence-electron chi connectivity index (χ4n) is 2.60. The number of rotatable bonds is 6. The summed E-state index contributed by atoms with van der Waals surface area (Å²) in [5.74, 6) is 0.280. The van der Waals surface area contributed by atoms with E-state index < -0.39 is 0 Å². The van der Waals surface area contributed by atoms with Crippen LogP contribution in [0.25, 0.3) is 0 Å². The highest BCUT2D eigenvalue weighted by Gasteiger charge is 2.08. The number of benzene rings is 3. The van der Waals surface area contributed by atoms with Gasteiger partial charge in [-0.05, 0) is 61.0 Å². The van der Waals surface area contributed by atoms with Gasteiger partial charge in [0.25, 0.3) is 5.91 Å². The molecule has 0 unspecified atom stereocenters. The Labute approximate surface area is 173 Å². The first-order valence-electron chi connectivity index (χ1n) is 8.91. The number of para-hydroxylation sites is 1. The Morgan fingerprint density at radius 2 is 1.48 bits per heavy atom. The predicted octanol–water partition coefficient (Wildman–Crippen LogP) is 5.31. The van der Waals surface area contributed by atoms with Crippen molar-refractivity contribution in [3.63, 3.8) is 0 Å². The van der Waals surface area contributed by atoms with Gasteiger partial charge in [-0.25, -0.2) is 4.79 Å². The molecule has 0 fully saturated rings. The van der Waals surface area contributed by atoms with E-state index in [0.29, 0.717) is 27.8 Å². The molecule has 3 rings (SSSR count). The first-order chi connectivity index (χ1) is 14.0. The summed E-state index contributed by atoms with van der Waals surface area (Å²) >= 11 is 5.91. The van der Waals surface area contributed by atoms with Crippen LogP contribution in [0.15, 0.2) is 72.8 Å². The summed E-state index contributed by atoms with van der Waals surface area (Å²) in [7, 11) is 0. The Bertz CT molecular complexity index is 1010. The summed E-state index contributed by atoms with van der Waals surface area (Å²) < 4.78 is 5.54. The van der Waals surface area contributed by atoms with Gasteiger partial charge >= 0.3 is 6.03 Å². The number of ether oxygens (including phenoxy) is 1. The van der Waals surface area contributed by atoms with Crippen LogP contribution in [0.2, 0.25) is 5.02 Å². The van der Waals surface area contributed by atoms with Crippen LogP contribution in [0.5, 0.6) is 5.75 Å². The lowest BCUT2D eigenvalue weighted by Gasteiger charge is -2.11. The molecule has 29 heavy (non-hydrogen) atoms. The van der Waals surface area contributed by atoms with E-state index in [4.69, 9.17) is 16.3 Å².